The fourth-order valence-corrected chi connectivity index (χ4v) is 3.29. The van der Waals surface area contributed by atoms with Crippen LogP contribution in [0.25, 0.3) is 0 Å². The largest absolute Gasteiger partial charge is 0.353 e. The number of amides is 2. The van der Waals surface area contributed by atoms with Gasteiger partial charge in [0.2, 0.25) is 5.91 Å². The molecular formula is C15H22N2O2S. The Morgan fingerprint density at radius 3 is 2.95 bits per heavy atom. The van der Waals surface area contributed by atoms with Gasteiger partial charge in [0, 0.05) is 30.0 Å². The smallest absolute Gasteiger partial charge is 0.252 e. The number of thiophene rings is 1. The molecule has 0 bridgehead atoms. The summed E-state index contributed by atoms with van der Waals surface area (Å²) in [5.74, 6) is 0.632. The zero-order valence-electron chi connectivity index (χ0n) is 11.9. The molecule has 2 N–H and O–H groups in total. The molecule has 4 nitrogen and oxygen atoms in total. The predicted octanol–water partition coefficient (Wildman–Crippen LogP) is 2.56. The van der Waals surface area contributed by atoms with Crippen molar-refractivity contribution in [2.45, 2.75) is 45.1 Å². The van der Waals surface area contributed by atoms with Crippen molar-refractivity contribution < 1.29 is 9.59 Å². The molecule has 0 spiro atoms. The molecule has 0 radical (unpaired) electrons. The summed E-state index contributed by atoms with van der Waals surface area (Å²) in [5.41, 5.74) is 0.663. The number of carbonyl (C=O) groups excluding carboxylic acids is 2. The van der Waals surface area contributed by atoms with Crippen LogP contribution in [0.15, 0.2) is 16.8 Å². The van der Waals surface area contributed by atoms with Crippen molar-refractivity contribution in [2.24, 2.45) is 5.92 Å². The first-order valence-corrected chi connectivity index (χ1v) is 8.19. The highest BCUT2D eigenvalue weighted by atomic mass is 32.1. The van der Waals surface area contributed by atoms with Crippen molar-refractivity contribution in [3.05, 3.63) is 22.4 Å². The van der Waals surface area contributed by atoms with Crippen molar-refractivity contribution in [1.82, 2.24) is 10.6 Å². The summed E-state index contributed by atoms with van der Waals surface area (Å²) in [6.07, 6.45) is 4.97. The highest BCUT2D eigenvalue weighted by Crippen LogP contribution is 2.23. The molecule has 2 amide bonds. The zero-order valence-corrected chi connectivity index (χ0v) is 12.7. The van der Waals surface area contributed by atoms with E-state index in [1.807, 2.05) is 5.38 Å². The van der Waals surface area contributed by atoms with Crippen LogP contribution >= 0.6 is 11.3 Å². The van der Waals surface area contributed by atoms with Crippen LogP contribution in [-0.4, -0.2) is 24.4 Å². The predicted molar refractivity (Wildman–Crippen MR) is 80.8 cm³/mol. The molecular weight excluding hydrogens is 272 g/mol. The maximum atomic E-state index is 11.8. The third kappa shape index (κ3) is 4.63. The van der Waals surface area contributed by atoms with Crippen molar-refractivity contribution in [3.8, 4) is 0 Å². The van der Waals surface area contributed by atoms with Gasteiger partial charge in [-0.25, -0.2) is 0 Å². The zero-order chi connectivity index (χ0) is 14.4. The van der Waals surface area contributed by atoms with Gasteiger partial charge in [-0.05, 0) is 30.2 Å². The van der Waals surface area contributed by atoms with Crippen LogP contribution in [0, 0.1) is 5.92 Å². The van der Waals surface area contributed by atoms with E-state index in [4.69, 9.17) is 0 Å². The molecule has 5 heteroatoms. The van der Waals surface area contributed by atoms with Gasteiger partial charge in [0.25, 0.3) is 5.91 Å². The minimum Gasteiger partial charge on any atom is -0.353 e. The van der Waals surface area contributed by atoms with E-state index in [1.165, 1.54) is 24.2 Å². The van der Waals surface area contributed by atoms with Crippen LogP contribution in [0.2, 0.25) is 0 Å². The van der Waals surface area contributed by atoms with Crippen LogP contribution in [0.5, 0.6) is 0 Å². The molecule has 20 heavy (non-hydrogen) atoms. The Kier molecular flexibility index (Phi) is 5.59. The SMILES string of the molecule is CC1CCCC(NC(=O)CCNC(=O)c2ccsc2)C1. The maximum Gasteiger partial charge on any atom is 0.252 e. The van der Waals surface area contributed by atoms with E-state index in [1.54, 1.807) is 11.4 Å². The summed E-state index contributed by atoms with van der Waals surface area (Å²) >= 11 is 1.49. The standard InChI is InChI=1S/C15H22N2O2S/c1-11-3-2-4-13(9-11)17-14(18)5-7-16-15(19)12-6-8-20-10-12/h6,8,10-11,13H,2-5,7,9H2,1H3,(H,16,19)(H,17,18). The lowest BCUT2D eigenvalue weighted by molar-refractivity contribution is -0.121. The first-order chi connectivity index (χ1) is 9.65. The molecule has 110 valence electrons. The first-order valence-electron chi connectivity index (χ1n) is 7.25. The molecule has 2 rings (SSSR count). The Hall–Kier alpha value is -1.36. The molecule has 1 heterocycles. The molecule has 2 atom stereocenters. The van der Waals surface area contributed by atoms with Gasteiger partial charge in [0.15, 0.2) is 0 Å². The number of rotatable bonds is 5. The molecule has 0 saturated heterocycles. The molecule has 2 unspecified atom stereocenters. The van der Waals surface area contributed by atoms with Gasteiger partial charge in [-0.2, -0.15) is 11.3 Å². The number of carbonyl (C=O) groups is 2. The number of nitrogens with one attached hydrogen (secondary N) is 2. The van der Waals surface area contributed by atoms with Crippen molar-refractivity contribution in [3.63, 3.8) is 0 Å². The van der Waals surface area contributed by atoms with E-state index in [2.05, 4.69) is 17.6 Å². The summed E-state index contributed by atoms with van der Waals surface area (Å²) in [7, 11) is 0. The van der Waals surface area contributed by atoms with Gasteiger partial charge in [-0.15, -0.1) is 0 Å². The van der Waals surface area contributed by atoms with Crippen molar-refractivity contribution >= 4 is 23.2 Å². The monoisotopic (exact) mass is 294 g/mol. The summed E-state index contributed by atoms with van der Waals surface area (Å²) in [6, 6.07) is 2.10. The second kappa shape index (κ2) is 7.43. The normalized spacial score (nSPS) is 22.2. The molecule has 1 aromatic rings. The van der Waals surface area contributed by atoms with E-state index in [0.29, 0.717) is 30.5 Å². The minimum absolute atomic E-state index is 0.0368. The van der Waals surface area contributed by atoms with E-state index < -0.39 is 0 Å². The topological polar surface area (TPSA) is 58.2 Å². The Morgan fingerprint density at radius 1 is 1.40 bits per heavy atom. The van der Waals surface area contributed by atoms with Gasteiger partial charge >= 0.3 is 0 Å². The summed E-state index contributed by atoms with van der Waals surface area (Å²) in [5, 5.41) is 9.51. The second-order valence-electron chi connectivity index (χ2n) is 5.55. The van der Waals surface area contributed by atoms with E-state index in [-0.39, 0.29) is 11.8 Å². The Bertz CT molecular complexity index is 445. The lowest BCUT2D eigenvalue weighted by atomic mass is 9.87. The Labute approximate surface area is 124 Å². The van der Waals surface area contributed by atoms with Gasteiger partial charge < -0.3 is 10.6 Å². The minimum atomic E-state index is -0.106. The maximum absolute atomic E-state index is 11.8. The fraction of sp³-hybridized carbons (Fsp3) is 0.600. The van der Waals surface area contributed by atoms with Crippen LogP contribution in [0.3, 0.4) is 0 Å². The van der Waals surface area contributed by atoms with E-state index in [0.717, 1.165) is 12.8 Å². The highest BCUT2D eigenvalue weighted by Gasteiger charge is 2.20. The van der Waals surface area contributed by atoms with Crippen LogP contribution in [0.1, 0.15) is 49.4 Å². The lowest BCUT2D eigenvalue weighted by Gasteiger charge is -2.27. The van der Waals surface area contributed by atoms with E-state index >= 15 is 0 Å². The summed E-state index contributed by atoms with van der Waals surface area (Å²) < 4.78 is 0. The highest BCUT2D eigenvalue weighted by molar-refractivity contribution is 7.08. The molecule has 0 aromatic carbocycles. The second-order valence-corrected chi connectivity index (χ2v) is 6.33. The molecule has 1 aliphatic rings. The Balaban J connectivity index is 1.64. The summed E-state index contributed by atoms with van der Waals surface area (Å²) in [6.45, 7) is 2.63. The van der Waals surface area contributed by atoms with E-state index in [9.17, 15) is 9.59 Å². The quantitative estimate of drug-likeness (QED) is 0.877. The fourth-order valence-electron chi connectivity index (χ4n) is 2.65. The average molecular weight is 294 g/mol. The third-order valence-corrected chi connectivity index (χ3v) is 4.41. The lowest BCUT2D eigenvalue weighted by Crippen LogP contribution is -2.39. The van der Waals surface area contributed by atoms with Crippen LogP contribution in [-0.2, 0) is 4.79 Å². The molecule has 1 fully saturated rings. The van der Waals surface area contributed by atoms with Crippen molar-refractivity contribution in [1.29, 1.82) is 0 Å². The Morgan fingerprint density at radius 2 is 2.25 bits per heavy atom. The van der Waals surface area contributed by atoms with Gasteiger partial charge in [0.1, 0.15) is 0 Å². The number of hydrogen-bond donors (Lipinski definition) is 2. The molecule has 1 saturated carbocycles. The van der Waals surface area contributed by atoms with Gasteiger partial charge in [-0.3, -0.25) is 9.59 Å². The molecule has 0 aliphatic heterocycles. The van der Waals surface area contributed by atoms with Gasteiger partial charge in [-0.1, -0.05) is 19.8 Å². The average Bonchev–Trinajstić information content (AvgIpc) is 2.92. The van der Waals surface area contributed by atoms with Crippen LogP contribution < -0.4 is 10.6 Å². The molecule has 1 aromatic heterocycles. The third-order valence-electron chi connectivity index (χ3n) is 3.72. The van der Waals surface area contributed by atoms with Crippen LogP contribution in [0.4, 0.5) is 0 Å². The van der Waals surface area contributed by atoms with Gasteiger partial charge in [0.05, 0.1) is 0 Å². The van der Waals surface area contributed by atoms with Crippen molar-refractivity contribution in [2.75, 3.05) is 6.54 Å². The molecule has 1 aliphatic carbocycles. The first kappa shape index (κ1) is 15.0. The summed E-state index contributed by atoms with van der Waals surface area (Å²) in [4.78, 5) is 23.5. The number of hydrogen-bond acceptors (Lipinski definition) is 3.